The molecule has 2 aliphatic rings. The van der Waals surface area contributed by atoms with Crippen LogP contribution in [0, 0.1) is 10.8 Å². The maximum Gasteiger partial charge on any atom is 0.106 e. The lowest BCUT2D eigenvalue weighted by atomic mass is 9.71. The van der Waals surface area contributed by atoms with Crippen LogP contribution in [0.4, 0.5) is 0 Å². The maximum absolute atomic E-state index is 11.6. The van der Waals surface area contributed by atoms with E-state index in [1.165, 1.54) is 12.0 Å². The Morgan fingerprint density at radius 2 is 1.69 bits per heavy atom. The largest absolute Gasteiger partial charge is 0.392 e. The van der Waals surface area contributed by atoms with Gasteiger partial charge in [-0.1, -0.05) is 92.2 Å². The summed E-state index contributed by atoms with van der Waals surface area (Å²) in [5.41, 5.74) is 8.09. The number of hydrogen-bond acceptors (Lipinski definition) is 5. The van der Waals surface area contributed by atoms with E-state index >= 15 is 0 Å². The minimum absolute atomic E-state index is 0.00471. The van der Waals surface area contributed by atoms with Gasteiger partial charge in [-0.25, -0.2) is 0 Å². The van der Waals surface area contributed by atoms with Crippen LogP contribution in [0.25, 0.3) is 5.57 Å². The minimum Gasteiger partial charge on any atom is -0.392 e. The van der Waals surface area contributed by atoms with E-state index in [9.17, 15) is 15.3 Å². The van der Waals surface area contributed by atoms with Gasteiger partial charge in [0.05, 0.1) is 12.7 Å². The first-order valence-electron chi connectivity index (χ1n) is 14.5. The second kappa shape index (κ2) is 14.3. The third-order valence-electron chi connectivity index (χ3n) is 7.83. The van der Waals surface area contributed by atoms with Crippen molar-refractivity contribution in [1.82, 2.24) is 4.98 Å². The lowest BCUT2D eigenvalue weighted by molar-refractivity contribution is 0.0972. The highest BCUT2D eigenvalue weighted by molar-refractivity contribution is 7.79. The average Bonchev–Trinajstić information content (AvgIpc) is 3.42. The number of pyridine rings is 1. The fourth-order valence-corrected chi connectivity index (χ4v) is 5.26. The molecule has 0 bridgehead atoms. The first kappa shape index (κ1) is 33.5. The van der Waals surface area contributed by atoms with Crippen molar-refractivity contribution in [1.29, 1.82) is 0 Å². The van der Waals surface area contributed by atoms with Gasteiger partial charge in [0.2, 0.25) is 0 Å². The molecule has 0 saturated heterocycles. The molecule has 4 rings (SSSR count). The van der Waals surface area contributed by atoms with E-state index in [1.54, 1.807) is 6.26 Å². The monoisotopic (exact) mass is 555 g/mol. The number of rotatable bonds is 5. The average molecular weight is 556 g/mol. The Morgan fingerprint density at radius 3 is 2.15 bits per heavy atom. The Kier molecular flexibility index (Phi) is 12.3. The molecule has 2 aliphatic carbocycles. The van der Waals surface area contributed by atoms with Gasteiger partial charge in [0.25, 0.3) is 0 Å². The molecule has 1 heterocycles. The van der Waals surface area contributed by atoms with Crippen LogP contribution < -0.4 is 0 Å². The minimum atomic E-state index is -0.832. The molecule has 0 radical (unpaired) electrons. The molecule has 1 aromatic carbocycles. The van der Waals surface area contributed by atoms with Crippen molar-refractivity contribution < 1.29 is 15.3 Å². The summed E-state index contributed by atoms with van der Waals surface area (Å²) < 4.78 is 0. The van der Waals surface area contributed by atoms with E-state index in [2.05, 4.69) is 74.1 Å². The van der Waals surface area contributed by atoms with Crippen molar-refractivity contribution >= 4 is 18.2 Å². The number of aliphatic hydroxyl groups excluding tert-OH is 3. The summed E-state index contributed by atoms with van der Waals surface area (Å²) in [5, 5.41) is 32.2. The van der Waals surface area contributed by atoms with Crippen LogP contribution in [-0.2, 0) is 13.0 Å². The van der Waals surface area contributed by atoms with E-state index in [1.807, 2.05) is 24.3 Å². The molecule has 0 spiro atoms. The summed E-state index contributed by atoms with van der Waals surface area (Å²) in [4.78, 5) is 5.08. The van der Waals surface area contributed by atoms with Crippen LogP contribution in [0.2, 0.25) is 0 Å². The zero-order chi connectivity index (χ0) is 29.5. The van der Waals surface area contributed by atoms with Gasteiger partial charge in [-0.15, -0.1) is 0 Å². The molecule has 0 fully saturated rings. The molecule has 5 heteroatoms. The third kappa shape index (κ3) is 8.66. The second-order valence-electron chi connectivity index (χ2n) is 13.2. The van der Waals surface area contributed by atoms with E-state index < -0.39 is 12.2 Å². The molecular weight excluding hydrogens is 502 g/mol. The maximum atomic E-state index is 11.6. The third-order valence-corrected chi connectivity index (χ3v) is 7.83. The van der Waals surface area contributed by atoms with Crippen LogP contribution in [0.5, 0.6) is 0 Å². The molecule has 39 heavy (non-hydrogen) atoms. The molecular formula is C34H53NO3S. The first-order valence-corrected chi connectivity index (χ1v) is 15.4. The Morgan fingerprint density at radius 1 is 1.10 bits per heavy atom. The summed E-state index contributed by atoms with van der Waals surface area (Å²) >= 11 is 3.53. The second-order valence-corrected chi connectivity index (χ2v) is 13.2. The molecule has 4 nitrogen and oxygen atoms in total. The number of aliphatic hydroxyl groups is 3. The summed E-state index contributed by atoms with van der Waals surface area (Å²) in [5.74, 6) is 0.148. The predicted molar refractivity (Wildman–Crippen MR) is 168 cm³/mol. The lowest BCUT2D eigenvalue weighted by Gasteiger charge is -2.37. The molecule has 0 saturated carbocycles. The Bertz CT molecular complexity index is 1100. The highest BCUT2D eigenvalue weighted by atomic mass is 32.1. The van der Waals surface area contributed by atoms with Crippen molar-refractivity contribution in [2.75, 3.05) is 6.26 Å². The molecule has 0 aliphatic heterocycles. The van der Waals surface area contributed by atoms with Gasteiger partial charge in [-0.05, 0) is 77.4 Å². The van der Waals surface area contributed by atoms with Gasteiger partial charge >= 0.3 is 0 Å². The Labute approximate surface area is 243 Å². The van der Waals surface area contributed by atoms with Gasteiger partial charge in [0.1, 0.15) is 6.10 Å². The van der Waals surface area contributed by atoms with Gasteiger partial charge in [-0.2, -0.15) is 12.6 Å². The number of thiol groups is 1. The van der Waals surface area contributed by atoms with Gasteiger partial charge in [0, 0.05) is 22.5 Å². The van der Waals surface area contributed by atoms with Crippen molar-refractivity contribution in [3.05, 3.63) is 69.5 Å². The first-order chi connectivity index (χ1) is 18.3. The smallest absolute Gasteiger partial charge is 0.106 e. The molecule has 3 N–H and O–H groups in total. The number of allylic oxidation sites excluding steroid dienone is 2. The Balaban J connectivity index is 0.000000590. The van der Waals surface area contributed by atoms with E-state index in [0.29, 0.717) is 11.8 Å². The zero-order valence-electron chi connectivity index (χ0n) is 25.8. The molecule has 2 atom stereocenters. The number of aromatic nitrogens is 1. The van der Waals surface area contributed by atoms with Crippen LogP contribution in [0.15, 0.2) is 30.3 Å². The molecule has 1 unspecified atom stereocenters. The van der Waals surface area contributed by atoms with Crippen molar-refractivity contribution in [3.63, 3.8) is 0 Å². The van der Waals surface area contributed by atoms with E-state index in [4.69, 9.17) is 4.98 Å². The molecule has 218 valence electrons. The van der Waals surface area contributed by atoms with Crippen LogP contribution >= 0.6 is 12.6 Å². The van der Waals surface area contributed by atoms with Crippen molar-refractivity contribution in [2.45, 2.75) is 119 Å². The topological polar surface area (TPSA) is 73.6 Å². The normalized spacial score (nSPS) is 18.8. The standard InChI is InChI=1S/C27H35NO3.C6H14.CH4S/c1-16(2)25-24(26(31)19-11-9-17(15-29)10-12-19)22(18-7-5-6-8-18)23-20(28-25)13-27(3,4)14-21(23)30;1-5-6(2,3)4;1-2/h7,9-12,16,21,26,29-31H,5-6,8,13-15H2,1-4H3;5H2,1-4H3;2H,1H3/t21?,26-;;/m0../s1. The van der Waals surface area contributed by atoms with Crippen LogP contribution in [-0.4, -0.2) is 26.6 Å². The number of fused-ring (bicyclic) bond motifs is 1. The lowest BCUT2D eigenvalue weighted by Crippen LogP contribution is -2.29. The zero-order valence-corrected chi connectivity index (χ0v) is 26.7. The summed E-state index contributed by atoms with van der Waals surface area (Å²) in [6, 6.07) is 7.47. The highest BCUT2D eigenvalue weighted by Gasteiger charge is 2.38. The molecule has 2 aromatic rings. The predicted octanol–water partition coefficient (Wildman–Crippen LogP) is 8.34. The highest BCUT2D eigenvalue weighted by Crippen LogP contribution is 2.48. The number of hydrogen-bond donors (Lipinski definition) is 4. The summed E-state index contributed by atoms with van der Waals surface area (Å²) in [6.07, 6.45) is 8.47. The Hall–Kier alpha value is -1.66. The van der Waals surface area contributed by atoms with Crippen LogP contribution in [0.3, 0.4) is 0 Å². The fourth-order valence-electron chi connectivity index (χ4n) is 5.26. The van der Waals surface area contributed by atoms with Gasteiger partial charge in [0.15, 0.2) is 0 Å². The summed E-state index contributed by atoms with van der Waals surface area (Å²) in [6.45, 7) is 17.5. The summed E-state index contributed by atoms with van der Waals surface area (Å²) in [7, 11) is 0. The van der Waals surface area contributed by atoms with Gasteiger partial charge < -0.3 is 15.3 Å². The van der Waals surface area contributed by atoms with Crippen molar-refractivity contribution in [2.24, 2.45) is 10.8 Å². The van der Waals surface area contributed by atoms with Gasteiger partial charge in [-0.3, -0.25) is 4.98 Å². The molecule has 0 amide bonds. The number of benzene rings is 1. The SMILES string of the molecule is CC(C)c1nc2c(c(C3=CCCC3)c1[C@@H](O)c1ccc(CO)cc1)C(O)CC(C)(C)C2.CCC(C)(C)C.CS. The molecule has 1 aromatic heterocycles. The quantitative estimate of drug-likeness (QED) is 0.280. The fraction of sp³-hybridized carbons (Fsp3) is 0.618. The van der Waals surface area contributed by atoms with Crippen molar-refractivity contribution in [3.8, 4) is 0 Å². The van der Waals surface area contributed by atoms with E-state index in [0.717, 1.165) is 64.9 Å². The van der Waals surface area contributed by atoms with E-state index in [-0.39, 0.29) is 17.9 Å². The van der Waals surface area contributed by atoms with Crippen LogP contribution in [0.1, 0.15) is 145 Å². The number of nitrogens with zero attached hydrogens (tertiary/aromatic N) is 1.